The van der Waals surface area contributed by atoms with Gasteiger partial charge in [0.2, 0.25) is 0 Å². The summed E-state index contributed by atoms with van der Waals surface area (Å²) < 4.78 is 19.0. The van der Waals surface area contributed by atoms with Gasteiger partial charge in [0.25, 0.3) is 0 Å². The Labute approximate surface area is 109 Å². The highest BCUT2D eigenvalue weighted by Gasteiger charge is 2.18. The summed E-state index contributed by atoms with van der Waals surface area (Å²) in [6.45, 7) is 3.28. The average molecular weight is 251 g/mol. The molecule has 1 saturated heterocycles. The lowest BCUT2D eigenvalue weighted by atomic mass is 9.90. The Morgan fingerprint density at radius 1 is 1.39 bits per heavy atom. The summed E-state index contributed by atoms with van der Waals surface area (Å²) in [6, 6.07) is 6.02. The van der Waals surface area contributed by atoms with E-state index in [1.54, 1.807) is 6.07 Å². The molecule has 0 radical (unpaired) electrons. The normalized spacial score (nSPS) is 23.9. The van der Waals surface area contributed by atoms with Gasteiger partial charge in [0.1, 0.15) is 0 Å². The second kappa shape index (κ2) is 6.19. The molecular formula is C15H22FNO. The quantitative estimate of drug-likeness (QED) is 0.887. The van der Waals surface area contributed by atoms with Crippen molar-refractivity contribution in [1.82, 2.24) is 5.32 Å². The lowest BCUT2D eigenvalue weighted by Gasteiger charge is -2.27. The maximum atomic E-state index is 13.9. The molecule has 0 amide bonds. The van der Waals surface area contributed by atoms with Gasteiger partial charge >= 0.3 is 0 Å². The minimum absolute atomic E-state index is 0.197. The molecule has 2 rings (SSSR count). The number of hydrogen-bond donors (Lipinski definition) is 1. The zero-order valence-corrected chi connectivity index (χ0v) is 11.2. The average Bonchev–Trinajstić information content (AvgIpc) is 2.39. The van der Waals surface area contributed by atoms with Crippen LogP contribution in [0.2, 0.25) is 0 Å². The van der Waals surface area contributed by atoms with Crippen LogP contribution < -0.4 is 10.1 Å². The van der Waals surface area contributed by atoms with Crippen molar-refractivity contribution in [2.45, 2.75) is 38.6 Å². The van der Waals surface area contributed by atoms with Crippen molar-refractivity contribution in [2.75, 3.05) is 13.7 Å². The second-order valence-electron chi connectivity index (χ2n) is 5.22. The van der Waals surface area contributed by atoms with Crippen LogP contribution in [-0.4, -0.2) is 19.7 Å². The van der Waals surface area contributed by atoms with Gasteiger partial charge in [-0.2, -0.15) is 0 Å². The molecule has 18 heavy (non-hydrogen) atoms. The van der Waals surface area contributed by atoms with Gasteiger partial charge in [-0.3, -0.25) is 0 Å². The fourth-order valence-electron chi connectivity index (χ4n) is 2.57. The number of hydrogen-bond acceptors (Lipinski definition) is 2. The van der Waals surface area contributed by atoms with Crippen LogP contribution in [-0.2, 0) is 6.42 Å². The molecule has 1 aromatic rings. The van der Waals surface area contributed by atoms with E-state index >= 15 is 0 Å². The van der Waals surface area contributed by atoms with Crippen LogP contribution in [0.25, 0.3) is 0 Å². The molecular weight excluding hydrogens is 229 g/mol. The summed E-state index contributed by atoms with van der Waals surface area (Å²) in [5, 5.41) is 3.49. The van der Waals surface area contributed by atoms with Crippen LogP contribution in [0.1, 0.15) is 31.7 Å². The van der Waals surface area contributed by atoms with Gasteiger partial charge in [-0.15, -0.1) is 0 Å². The van der Waals surface area contributed by atoms with E-state index in [2.05, 4.69) is 12.2 Å². The smallest absolute Gasteiger partial charge is 0.168 e. The summed E-state index contributed by atoms with van der Waals surface area (Å²) in [7, 11) is 1.51. The van der Waals surface area contributed by atoms with Crippen LogP contribution in [0.5, 0.6) is 5.75 Å². The molecule has 1 N–H and O–H groups in total. The van der Waals surface area contributed by atoms with Crippen molar-refractivity contribution in [3.63, 3.8) is 0 Å². The van der Waals surface area contributed by atoms with E-state index in [-0.39, 0.29) is 5.82 Å². The van der Waals surface area contributed by atoms with E-state index in [1.165, 1.54) is 20.0 Å². The van der Waals surface area contributed by atoms with Crippen LogP contribution >= 0.6 is 0 Å². The molecule has 1 aliphatic rings. The van der Waals surface area contributed by atoms with Gasteiger partial charge in [0.05, 0.1) is 7.11 Å². The minimum atomic E-state index is -0.197. The van der Waals surface area contributed by atoms with Gasteiger partial charge in [-0.1, -0.05) is 12.1 Å². The molecule has 1 heterocycles. The third-order valence-electron chi connectivity index (χ3n) is 3.85. The van der Waals surface area contributed by atoms with Crippen molar-refractivity contribution < 1.29 is 9.13 Å². The molecule has 0 aliphatic carbocycles. The monoisotopic (exact) mass is 251 g/mol. The Bertz CT molecular complexity index is 386. The molecule has 0 aromatic heterocycles. The van der Waals surface area contributed by atoms with E-state index in [9.17, 15) is 4.39 Å². The number of aryl methyl sites for hydroxylation is 1. The number of piperidine rings is 1. The molecule has 2 nitrogen and oxygen atoms in total. The van der Waals surface area contributed by atoms with Gasteiger partial charge in [-0.05, 0) is 56.7 Å². The third-order valence-corrected chi connectivity index (χ3v) is 3.85. The summed E-state index contributed by atoms with van der Waals surface area (Å²) in [5.41, 5.74) is 0.771. The summed E-state index contributed by atoms with van der Waals surface area (Å²) in [4.78, 5) is 0. The summed E-state index contributed by atoms with van der Waals surface area (Å²) in [6.07, 6.45) is 4.32. The lowest BCUT2D eigenvalue weighted by molar-refractivity contribution is 0.308. The number of rotatable bonds is 4. The van der Waals surface area contributed by atoms with Crippen molar-refractivity contribution in [1.29, 1.82) is 0 Å². The first-order valence-corrected chi connectivity index (χ1v) is 6.75. The molecule has 1 aromatic carbocycles. The molecule has 2 unspecified atom stereocenters. The molecule has 2 atom stereocenters. The first-order chi connectivity index (χ1) is 8.70. The number of benzene rings is 1. The van der Waals surface area contributed by atoms with E-state index in [0.717, 1.165) is 24.9 Å². The van der Waals surface area contributed by atoms with Crippen LogP contribution in [0.3, 0.4) is 0 Å². The highest BCUT2D eigenvalue weighted by molar-refractivity contribution is 5.31. The second-order valence-corrected chi connectivity index (χ2v) is 5.22. The SMILES string of the molecule is COc1cccc(CCC2CCC(C)NC2)c1F. The molecule has 0 bridgehead atoms. The van der Waals surface area contributed by atoms with Crippen LogP contribution in [0, 0.1) is 11.7 Å². The highest BCUT2D eigenvalue weighted by atomic mass is 19.1. The Morgan fingerprint density at radius 3 is 2.89 bits per heavy atom. The number of nitrogens with one attached hydrogen (secondary N) is 1. The van der Waals surface area contributed by atoms with E-state index in [1.807, 2.05) is 12.1 Å². The van der Waals surface area contributed by atoms with Crippen molar-refractivity contribution in [2.24, 2.45) is 5.92 Å². The maximum absolute atomic E-state index is 13.9. The standard InChI is InChI=1S/C15H22FNO/c1-11-6-7-12(10-17-11)8-9-13-4-3-5-14(18-2)15(13)16/h3-5,11-12,17H,6-10H2,1-2H3. The zero-order valence-electron chi connectivity index (χ0n) is 11.2. The fourth-order valence-corrected chi connectivity index (χ4v) is 2.57. The van der Waals surface area contributed by atoms with E-state index < -0.39 is 0 Å². The predicted molar refractivity (Wildman–Crippen MR) is 71.5 cm³/mol. The van der Waals surface area contributed by atoms with Gasteiger partial charge in [0, 0.05) is 6.04 Å². The van der Waals surface area contributed by atoms with Gasteiger partial charge < -0.3 is 10.1 Å². The largest absolute Gasteiger partial charge is 0.494 e. The molecule has 1 fully saturated rings. The first-order valence-electron chi connectivity index (χ1n) is 6.75. The minimum Gasteiger partial charge on any atom is -0.494 e. The van der Waals surface area contributed by atoms with Crippen molar-refractivity contribution >= 4 is 0 Å². The molecule has 0 spiro atoms. The Morgan fingerprint density at radius 2 is 2.22 bits per heavy atom. The van der Waals surface area contributed by atoms with Crippen LogP contribution in [0.15, 0.2) is 18.2 Å². The number of methoxy groups -OCH3 is 1. The van der Waals surface area contributed by atoms with Gasteiger partial charge in [0.15, 0.2) is 11.6 Å². The summed E-state index contributed by atoms with van der Waals surface area (Å²) in [5.74, 6) is 0.826. The zero-order chi connectivity index (χ0) is 13.0. The first kappa shape index (κ1) is 13.3. The van der Waals surface area contributed by atoms with E-state index in [4.69, 9.17) is 4.74 Å². The molecule has 3 heteroatoms. The Kier molecular flexibility index (Phi) is 4.59. The number of ether oxygens (including phenoxy) is 1. The van der Waals surface area contributed by atoms with Crippen molar-refractivity contribution in [3.05, 3.63) is 29.6 Å². The lowest BCUT2D eigenvalue weighted by Crippen LogP contribution is -2.36. The predicted octanol–water partition coefficient (Wildman–Crippen LogP) is 3.16. The molecule has 0 saturated carbocycles. The maximum Gasteiger partial charge on any atom is 0.168 e. The molecule has 1 aliphatic heterocycles. The topological polar surface area (TPSA) is 21.3 Å². The van der Waals surface area contributed by atoms with Gasteiger partial charge in [-0.25, -0.2) is 4.39 Å². The molecule has 100 valence electrons. The third kappa shape index (κ3) is 3.22. The van der Waals surface area contributed by atoms with Crippen LogP contribution in [0.4, 0.5) is 4.39 Å². The highest BCUT2D eigenvalue weighted by Crippen LogP contribution is 2.24. The number of halogens is 1. The Hall–Kier alpha value is -1.09. The van der Waals surface area contributed by atoms with E-state index in [0.29, 0.717) is 17.7 Å². The summed E-state index contributed by atoms with van der Waals surface area (Å²) >= 11 is 0. The Balaban J connectivity index is 1.90. The fraction of sp³-hybridized carbons (Fsp3) is 0.600. The van der Waals surface area contributed by atoms with Crippen molar-refractivity contribution in [3.8, 4) is 5.75 Å².